The topological polar surface area (TPSA) is 173 Å². The van der Waals surface area contributed by atoms with Crippen LogP contribution in [0.25, 0.3) is 0 Å². The van der Waals surface area contributed by atoms with Crippen LogP contribution in [0, 0.1) is 0 Å². The van der Waals surface area contributed by atoms with Gasteiger partial charge in [-0.1, -0.05) is 30.3 Å². The maximum Gasteiger partial charge on any atom is 0.303 e. The summed E-state index contributed by atoms with van der Waals surface area (Å²) < 4.78 is 63.8. The van der Waals surface area contributed by atoms with E-state index in [1.807, 2.05) is 30.3 Å². The molecule has 4 heterocycles. The minimum atomic E-state index is -1.49. The molecule has 4 saturated heterocycles. The minimum Gasteiger partial charge on any atom is -0.455 e. The summed E-state index contributed by atoms with van der Waals surface area (Å²) in [5.41, 5.74) is 0.713. The molecule has 0 bridgehead atoms. The monoisotopic (exact) mass is 610 g/mol. The number of carbonyl (C=O) groups is 4. The van der Waals surface area contributed by atoms with Gasteiger partial charge in [-0.05, 0) is 0 Å². The maximum absolute atomic E-state index is 12.3. The van der Waals surface area contributed by atoms with Crippen LogP contribution in [0.4, 0.5) is 0 Å². The maximum atomic E-state index is 12.3. The van der Waals surface area contributed by atoms with E-state index in [9.17, 15) is 19.2 Å². The molecule has 4 fully saturated rings. The Morgan fingerprint density at radius 2 is 1.33 bits per heavy atom. The molecule has 0 aromatic heterocycles. The van der Waals surface area contributed by atoms with Crippen molar-refractivity contribution in [2.75, 3.05) is 20.3 Å². The van der Waals surface area contributed by atoms with Crippen LogP contribution in [-0.4, -0.2) is 105 Å². The molecule has 0 saturated carbocycles. The first kappa shape index (κ1) is 31.3. The van der Waals surface area contributed by atoms with Crippen LogP contribution in [0.2, 0.25) is 0 Å². The van der Waals surface area contributed by atoms with Gasteiger partial charge in [0.05, 0.1) is 6.61 Å². The molecule has 2 unspecified atom stereocenters. The van der Waals surface area contributed by atoms with Gasteiger partial charge in [0, 0.05) is 40.4 Å². The Kier molecular flexibility index (Phi) is 9.31. The number of benzene rings is 1. The number of rotatable bonds is 8. The minimum absolute atomic E-state index is 0.00254. The molecule has 4 aliphatic heterocycles. The van der Waals surface area contributed by atoms with Crippen LogP contribution in [0.1, 0.15) is 39.5 Å². The van der Waals surface area contributed by atoms with Crippen LogP contribution in [-0.2, 0) is 71.3 Å². The van der Waals surface area contributed by atoms with Crippen LogP contribution in [0.15, 0.2) is 30.3 Å². The number of fused-ring (bicyclic) bond motifs is 1. The predicted molar refractivity (Wildman–Crippen MR) is 136 cm³/mol. The molecular formula is C28H34O15. The third kappa shape index (κ3) is 6.82. The van der Waals surface area contributed by atoms with Crippen molar-refractivity contribution in [3.8, 4) is 0 Å². The predicted octanol–water partition coefficient (Wildman–Crippen LogP) is 0.667. The molecule has 0 radical (unpaired) electrons. The Morgan fingerprint density at radius 1 is 0.767 bits per heavy atom. The molecule has 15 heteroatoms. The van der Waals surface area contributed by atoms with Gasteiger partial charge in [0.15, 0.2) is 43.1 Å². The molecule has 0 aliphatic carbocycles. The number of hydrogen-bond donors (Lipinski definition) is 0. The summed E-state index contributed by atoms with van der Waals surface area (Å²) in [7, 11) is 1.32. The Hall–Kier alpha value is -3.18. The van der Waals surface area contributed by atoms with Crippen molar-refractivity contribution in [3.63, 3.8) is 0 Å². The van der Waals surface area contributed by atoms with Crippen molar-refractivity contribution in [3.05, 3.63) is 35.9 Å². The van der Waals surface area contributed by atoms with Crippen molar-refractivity contribution >= 4 is 23.9 Å². The fourth-order valence-electron chi connectivity index (χ4n) is 5.43. The summed E-state index contributed by atoms with van der Waals surface area (Å²) in [6.45, 7) is 4.69. The van der Waals surface area contributed by atoms with Crippen molar-refractivity contribution in [1.82, 2.24) is 0 Å². The van der Waals surface area contributed by atoms with Crippen molar-refractivity contribution in [2.24, 2.45) is 0 Å². The highest BCUT2D eigenvalue weighted by Gasteiger charge is 2.68. The van der Waals surface area contributed by atoms with Crippen LogP contribution >= 0.6 is 0 Å². The van der Waals surface area contributed by atoms with Gasteiger partial charge in [0.1, 0.15) is 18.8 Å². The molecule has 1 spiro atoms. The number of ether oxygens (including phenoxy) is 11. The summed E-state index contributed by atoms with van der Waals surface area (Å²) in [4.78, 5) is 48.7. The van der Waals surface area contributed by atoms with Gasteiger partial charge in [-0.3, -0.25) is 19.2 Å². The first-order chi connectivity index (χ1) is 20.5. The summed E-state index contributed by atoms with van der Waals surface area (Å²) in [6, 6.07) is 9.10. The highest BCUT2D eigenvalue weighted by atomic mass is 16.9. The molecule has 5 rings (SSSR count). The number of methoxy groups -OCH3 is 1. The molecule has 1 aromatic rings. The molecule has 0 amide bonds. The second-order valence-electron chi connectivity index (χ2n) is 10.4. The lowest BCUT2D eigenvalue weighted by atomic mass is 9.95. The number of epoxide rings is 1. The van der Waals surface area contributed by atoms with E-state index < -0.39 is 91.3 Å². The lowest BCUT2D eigenvalue weighted by molar-refractivity contribution is -0.393. The summed E-state index contributed by atoms with van der Waals surface area (Å²) >= 11 is 0. The highest BCUT2D eigenvalue weighted by Crippen LogP contribution is 2.46. The first-order valence-corrected chi connectivity index (χ1v) is 13.7. The van der Waals surface area contributed by atoms with Crippen molar-refractivity contribution in [2.45, 2.75) is 95.1 Å². The van der Waals surface area contributed by atoms with E-state index in [1.54, 1.807) is 0 Å². The van der Waals surface area contributed by atoms with Gasteiger partial charge in [0.2, 0.25) is 12.1 Å². The SMILES string of the molecule is COC1OC2(CO2)[C@@H](O[C@H]2O[C@@H]3CO[C@@H](c4ccccc4)O[C@H]3[C@H](OC(C)=O)[C@H]2OC(C)=O)[C@H](OC(C)=O)[C@H]1OC(C)=O. The highest BCUT2D eigenvalue weighted by molar-refractivity contribution is 5.68. The Bertz CT molecular complexity index is 1190. The van der Waals surface area contributed by atoms with E-state index in [-0.39, 0.29) is 13.2 Å². The molecule has 43 heavy (non-hydrogen) atoms. The molecule has 11 atom stereocenters. The van der Waals surface area contributed by atoms with Crippen LogP contribution in [0.5, 0.6) is 0 Å². The Morgan fingerprint density at radius 3 is 1.88 bits per heavy atom. The Balaban J connectivity index is 1.47. The Labute approximate surface area is 246 Å². The van der Waals surface area contributed by atoms with E-state index in [0.29, 0.717) is 5.56 Å². The van der Waals surface area contributed by atoms with Gasteiger partial charge in [-0.15, -0.1) is 0 Å². The number of carbonyl (C=O) groups excluding carboxylic acids is 4. The van der Waals surface area contributed by atoms with Gasteiger partial charge in [0.25, 0.3) is 0 Å². The fraction of sp³-hybridized carbons (Fsp3) is 0.643. The summed E-state index contributed by atoms with van der Waals surface area (Å²) in [5.74, 6) is -4.31. The number of esters is 4. The quantitative estimate of drug-likeness (QED) is 0.228. The molecule has 4 aliphatic rings. The third-order valence-electron chi connectivity index (χ3n) is 7.15. The molecule has 0 N–H and O–H groups in total. The molecular weight excluding hydrogens is 576 g/mol. The van der Waals surface area contributed by atoms with Crippen molar-refractivity contribution in [1.29, 1.82) is 0 Å². The largest absolute Gasteiger partial charge is 0.455 e. The van der Waals surface area contributed by atoms with E-state index in [4.69, 9.17) is 52.1 Å². The van der Waals surface area contributed by atoms with Gasteiger partial charge < -0.3 is 52.1 Å². The smallest absolute Gasteiger partial charge is 0.303 e. The van der Waals surface area contributed by atoms with E-state index in [1.165, 1.54) is 34.8 Å². The zero-order chi connectivity index (χ0) is 30.9. The standard InChI is InChI=1S/C28H34O15/c1-13(29)36-20-19-18(11-34-25(41-19)17-9-7-6-8-10-17)40-27(22(20)38-15(3)31)42-24-21(37-14(2)30)23(39-16(4)32)26(33-5)43-28(24)12-35-28/h6-10,18-27H,11-12H2,1-5H3/t18-,19-,20+,21-,22-,23-,24+,25-,26?,27-,28?/m1/s1. The lowest BCUT2D eigenvalue weighted by Crippen LogP contribution is -2.68. The summed E-state index contributed by atoms with van der Waals surface area (Å²) in [5, 5.41) is 0. The molecule has 15 nitrogen and oxygen atoms in total. The second kappa shape index (κ2) is 12.8. The van der Waals surface area contributed by atoms with Gasteiger partial charge in [-0.25, -0.2) is 0 Å². The van der Waals surface area contributed by atoms with Crippen LogP contribution in [0.3, 0.4) is 0 Å². The average Bonchev–Trinajstić information content (AvgIpc) is 3.73. The molecule has 1 aromatic carbocycles. The number of hydrogen-bond acceptors (Lipinski definition) is 15. The molecule has 236 valence electrons. The van der Waals surface area contributed by atoms with Crippen LogP contribution < -0.4 is 0 Å². The second-order valence-corrected chi connectivity index (χ2v) is 10.4. The van der Waals surface area contributed by atoms with Gasteiger partial charge in [-0.2, -0.15) is 0 Å². The first-order valence-electron chi connectivity index (χ1n) is 13.7. The zero-order valence-electron chi connectivity index (χ0n) is 24.2. The zero-order valence-corrected chi connectivity index (χ0v) is 24.2. The van der Waals surface area contributed by atoms with E-state index in [0.717, 1.165) is 0 Å². The normalized spacial score (nSPS) is 38.3. The lowest BCUT2D eigenvalue weighted by Gasteiger charge is -2.50. The fourth-order valence-corrected chi connectivity index (χ4v) is 5.43. The third-order valence-corrected chi connectivity index (χ3v) is 7.15. The van der Waals surface area contributed by atoms with Gasteiger partial charge >= 0.3 is 23.9 Å². The summed E-state index contributed by atoms with van der Waals surface area (Å²) in [6.07, 6.45) is -11.7. The van der Waals surface area contributed by atoms with Crippen molar-refractivity contribution < 1.29 is 71.3 Å². The average molecular weight is 611 g/mol. The van der Waals surface area contributed by atoms with E-state index >= 15 is 0 Å². The van der Waals surface area contributed by atoms with E-state index in [2.05, 4.69) is 0 Å².